The normalized spacial score (nSPS) is 21.0. The first kappa shape index (κ1) is 19.2. The van der Waals surface area contributed by atoms with E-state index in [9.17, 15) is 9.59 Å². The number of likely N-dealkylation sites (tertiary alicyclic amines) is 1. The molecule has 1 atom stereocenters. The van der Waals surface area contributed by atoms with Crippen molar-refractivity contribution in [3.8, 4) is 0 Å². The number of benzene rings is 1. The van der Waals surface area contributed by atoms with Gasteiger partial charge in [0.05, 0.1) is 6.61 Å². The van der Waals surface area contributed by atoms with Gasteiger partial charge >= 0.3 is 12.1 Å². The summed E-state index contributed by atoms with van der Waals surface area (Å²) in [5, 5.41) is 2.77. The van der Waals surface area contributed by atoms with Crippen LogP contribution < -0.4 is 5.32 Å². The van der Waals surface area contributed by atoms with Crippen LogP contribution >= 0.6 is 0 Å². The van der Waals surface area contributed by atoms with Gasteiger partial charge < -0.3 is 14.8 Å². The number of hydrogen-bond acceptors (Lipinski definition) is 5. The van der Waals surface area contributed by atoms with Crippen molar-refractivity contribution in [2.24, 2.45) is 0 Å². The van der Waals surface area contributed by atoms with Crippen molar-refractivity contribution in [3.05, 3.63) is 35.9 Å². The maximum absolute atomic E-state index is 12.5. The van der Waals surface area contributed by atoms with Crippen LogP contribution in [0.2, 0.25) is 0 Å². The van der Waals surface area contributed by atoms with Gasteiger partial charge in [-0.1, -0.05) is 30.3 Å². The highest BCUT2D eigenvalue weighted by molar-refractivity contribution is 5.86. The largest absolute Gasteiger partial charge is 0.464 e. The van der Waals surface area contributed by atoms with Crippen LogP contribution in [0, 0.1) is 0 Å². The number of nitrogens with zero attached hydrogens (tertiary/aromatic N) is 1. The van der Waals surface area contributed by atoms with Gasteiger partial charge in [-0.15, -0.1) is 0 Å². The summed E-state index contributed by atoms with van der Waals surface area (Å²) in [7, 11) is 0. The number of hydrogen-bond donors (Lipinski definition) is 1. The fourth-order valence-electron chi connectivity index (χ4n) is 2.95. The molecule has 6 heteroatoms. The van der Waals surface area contributed by atoms with Crippen LogP contribution in [0.1, 0.15) is 39.7 Å². The van der Waals surface area contributed by atoms with Crippen molar-refractivity contribution in [1.82, 2.24) is 10.2 Å². The van der Waals surface area contributed by atoms with Gasteiger partial charge in [0, 0.05) is 19.6 Å². The molecule has 1 saturated heterocycles. The van der Waals surface area contributed by atoms with Gasteiger partial charge in [0.25, 0.3) is 0 Å². The van der Waals surface area contributed by atoms with Crippen LogP contribution in [0.25, 0.3) is 0 Å². The molecule has 0 bridgehead atoms. The summed E-state index contributed by atoms with van der Waals surface area (Å²) >= 11 is 0. The van der Waals surface area contributed by atoms with E-state index in [4.69, 9.17) is 9.47 Å². The van der Waals surface area contributed by atoms with Crippen molar-refractivity contribution >= 4 is 12.1 Å². The fraction of sp³-hybridized carbons (Fsp3) is 0.579. The zero-order chi connectivity index (χ0) is 18.5. The Hall–Kier alpha value is -2.08. The number of carbonyl (C=O) groups is 2. The van der Waals surface area contributed by atoms with E-state index in [1.54, 1.807) is 27.7 Å². The van der Waals surface area contributed by atoms with Crippen molar-refractivity contribution in [2.45, 2.75) is 51.8 Å². The van der Waals surface area contributed by atoms with E-state index in [0.717, 1.165) is 6.54 Å². The van der Waals surface area contributed by atoms with E-state index in [1.165, 1.54) is 5.56 Å². The standard InChI is InChI=1S/C19H28N2O4/c1-5-24-16(22)19(20-17(23)25-18(2,3)4)11-12-21(14-19)13-15-9-7-6-8-10-15/h6-10H,5,11-14H2,1-4H3,(H,20,23)/t19-/m1/s1. The Morgan fingerprint density at radius 1 is 1.24 bits per heavy atom. The number of amides is 1. The third-order valence-electron chi connectivity index (χ3n) is 4.00. The fourth-order valence-corrected chi connectivity index (χ4v) is 2.95. The summed E-state index contributed by atoms with van der Waals surface area (Å²) < 4.78 is 10.6. The molecule has 2 rings (SSSR count). The van der Waals surface area contributed by atoms with E-state index in [2.05, 4.69) is 10.2 Å². The Bertz CT molecular complexity index is 597. The Morgan fingerprint density at radius 2 is 1.92 bits per heavy atom. The molecular formula is C19H28N2O4. The van der Waals surface area contributed by atoms with Crippen LogP contribution in [0.5, 0.6) is 0 Å². The van der Waals surface area contributed by atoms with E-state index < -0.39 is 23.2 Å². The maximum atomic E-state index is 12.5. The second-order valence-corrected chi connectivity index (χ2v) is 7.38. The van der Waals surface area contributed by atoms with Crippen LogP contribution in [-0.4, -0.2) is 47.8 Å². The van der Waals surface area contributed by atoms with Gasteiger partial charge in [-0.2, -0.15) is 0 Å². The lowest BCUT2D eigenvalue weighted by molar-refractivity contribution is -0.150. The van der Waals surface area contributed by atoms with Crippen molar-refractivity contribution in [1.29, 1.82) is 0 Å². The Morgan fingerprint density at radius 3 is 2.52 bits per heavy atom. The number of esters is 1. The Kier molecular flexibility index (Phi) is 6.06. The van der Waals surface area contributed by atoms with Crippen molar-refractivity contribution < 1.29 is 19.1 Å². The lowest BCUT2D eigenvalue weighted by Gasteiger charge is -2.30. The maximum Gasteiger partial charge on any atom is 0.408 e. The molecule has 1 amide bonds. The molecule has 0 aromatic heterocycles. The highest BCUT2D eigenvalue weighted by Crippen LogP contribution is 2.25. The highest BCUT2D eigenvalue weighted by Gasteiger charge is 2.47. The molecule has 0 radical (unpaired) electrons. The predicted octanol–water partition coefficient (Wildman–Crippen LogP) is 2.72. The molecule has 0 aliphatic carbocycles. The summed E-state index contributed by atoms with van der Waals surface area (Å²) in [5.74, 6) is -0.406. The number of alkyl carbamates (subject to hydrolysis) is 1. The number of ether oxygens (including phenoxy) is 2. The van der Waals surface area contributed by atoms with Gasteiger partial charge in [-0.25, -0.2) is 9.59 Å². The average molecular weight is 348 g/mol. The predicted molar refractivity (Wildman–Crippen MR) is 95.1 cm³/mol. The average Bonchev–Trinajstić information content (AvgIpc) is 2.90. The second kappa shape index (κ2) is 7.87. The van der Waals surface area contributed by atoms with E-state index in [-0.39, 0.29) is 6.61 Å². The van der Waals surface area contributed by atoms with Gasteiger partial charge in [-0.05, 0) is 39.7 Å². The van der Waals surface area contributed by atoms with Crippen LogP contribution in [0.3, 0.4) is 0 Å². The molecule has 1 N–H and O–H groups in total. The minimum absolute atomic E-state index is 0.273. The first-order valence-corrected chi connectivity index (χ1v) is 8.69. The first-order chi connectivity index (χ1) is 11.7. The molecule has 1 aromatic carbocycles. The third kappa shape index (κ3) is 5.46. The third-order valence-corrected chi connectivity index (χ3v) is 4.00. The highest BCUT2D eigenvalue weighted by atomic mass is 16.6. The molecule has 1 heterocycles. The van der Waals surface area contributed by atoms with Crippen LogP contribution in [0.4, 0.5) is 4.79 Å². The molecule has 1 aromatic rings. The van der Waals surface area contributed by atoms with E-state index in [1.807, 2.05) is 30.3 Å². The number of rotatable bonds is 5. The number of nitrogens with one attached hydrogen (secondary N) is 1. The minimum atomic E-state index is -1.06. The van der Waals surface area contributed by atoms with Crippen molar-refractivity contribution in [3.63, 3.8) is 0 Å². The zero-order valence-corrected chi connectivity index (χ0v) is 15.5. The minimum Gasteiger partial charge on any atom is -0.464 e. The topological polar surface area (TPSA) is 67.9 Å². The molecule has 0 saturated carbocycles. The molecule has 0 spiro atoms. The lowest BCUT2D eigenvalue weighted by Crippen LogP contribution is -2.57. The molecular weight excluding hydrogens is 320 g/mol. The Labute approximate surface area is 149 Å². The van der Waals surface area contributed by atoms with E-state index >= 15 is 0 Å². The quantitative estimate of drug-likeness (QED) is 0.829. The summed E-state index contributed by atoms with van der Waals surface area (Å²) in [6.45, 7) is 9.23. The molecule has 0 unspecified atom stereocenters. The van der Waals surface area contributed by atoms with Crippen LogP contribution in [0.15, 0.2) is 30.3 Å². The molecule has 1 aliphatic rings. The van der Waals surface area contributed by atoms with Crippen LogP contribution in [-0.2, 0) is 20.8 Å². The molecule has 1 aliphatic heterocycles. The number of carbonyl (C=O) groups excluding carboxylic acids is 2. The second-order valence-electron chi connectivity index (χ2n) is 7.38. The molecule has 6 nitrogen and oxygen atoms in total. The first-order valence-electron chi connectivity index (χ1n) is 8.69. The monoisotopic (exact) mass is 348 g/mol. The zero-order valence-electron chi connectivity index (χ0n) is 15.5. The summed E-state index contributed by atoms with van der Waals surface area (Å²) in [5.41, 5.74) is -0.519. The van der Waals surface area contributed by atoms with Gasteiger partial charge in [-0.3, -0.25) is 4.90 Å². The Balaban J connectivity index is 2.09. The summed E-state index contributed by atoms with van der Waals surface area (Å²) in [6.07, 6.45) is -0.0973. The SMILES string of the molecule is CCOC(=O)[C@@]1(NC(=O)OC(C)(C)C)CCN(Cc2ccccc2)C1. The van der Waals surface area contributed by atoms with Crippen molar-refractivity contribution in [2.75, 3.05) is 19.7 Å². The van der Waals surface area contributed by atoms with Gasteiger partial charge in [0.1, 0.15) is 5.60 Å². The lowest BCUT2D eigenvalue weighted by atomic mass is 9.99. The van der Waals surface area contributed by atoms with Gasteiger partial charge in [0.2, 0.25) is 0 Å². The molecule has 138 valence electrons. The summed E-state index contributed by atoms with van der Waals surface area (Å²) in [4.78, 5) is 26.9. The van der Waals surface area contributed by atoms with Gasteiger partial charge in [0.15, 0.2) is 5.54 Å². The van der Waals surface area contributed by atoms with E-state index in [0.29, 0.717) is 19.5 Å². The molecule has 25 heavy (non-hydrogen) atoms. The smallest absolute Gasteiger partial charge is 0.408 e. The summed E-state index contributed by atoms with van der Waals surface area (Å²) in [6, 6.07) is 10.0. The molecule has 1 fully saturated rings.